The molecule has 4 heterocycles. The van der Waals surface area contributed by atoms with Crippen LogP contribution >= 0.6 is 0 Å². The molecule has 0 N–H and O–H groups in total. The predicted molar refractivity (Wildman–Crippen MR) is 267 cm³/mol. The van der Waals surface area contributed by atoms with Crippen molar-refractivity contribution in [1.82, 2.24) is 0 Å². The highest BCUT2D eigenvalue weighted by Crippen LogP contribution is 2.51. The third-order valence-electron chi connectivity index (χ3n) is 15.8. The largest absolute Gasteiger partial charge is 0.497 e. The zero-order valence-electron chi connectivity index (χ0n) is 44.0. The number of hydrogen-bond acceptors (Lipinski definition) is 14. The van der Waals surface area contributed by atoms with E-state index < -0.39 is 85.5 Å². The van der Waals surface area contributed by atoms with Crippen molar-refractivity contribution >= 4 is 25.9 Å². The van der Waals surface area contributed by atoms with Crippen LogP contribution in [0.25, 0.3) is 0 Å². The summed E-state index contributed by atoms with van der Waals surface area (Å²) in [6.07, 6.45) is 1.40. The van der Waals surface area contributed by atoms with Gasteiger partial charge >= 0.3 is 5.97 Å². The Labute approximate surface area is 418 Å². The van der Waals surface area contributed by atoms with E-state index in [-0.39, 0.29) is 56.7 Å². The third-order valence-corrected chi connectivity index (χ3v) is 20.5. The molecule has 6 bridgehead atoms. The minimum atomic E-state index is -2.33. The first-order valence-electron chi connectivity index (χ1n) is 25.5. The summed E-state index contributed by atoms with van der Waals surface area (Å²) in [6.45, 7) is 16.9. The number of methoxy groups -OCH3 is 4. The molecule has 4 aliphatic heterocycles. The van der Waals surface area contributed by atoms with Gasteiger partial charge in [0.1, 0.15) is 23.4 Å². The average Bonchev–Trinajstić information content (AvgIpc) is 3.34. The van der Waals surface area contributed by atoms with Crippen LogP contribution in [0.2, 0.25) is 18.1 Å². The Bertz CT molecular complexity index is 2040. The van der Waals surface area contributed by atoms with Gasteiger partial charge in [-0.3, -0.25) is 14.4 Å². The Morgan fingerprint density at radius 3 is 1.94 bits per heavy atom. The topological polar surface area (TPSA) is 153 Å². The van der Waals surface area contributed by atoms with Gasteiger partial charge in [-0.15, -0.1) is 0 Å². The fourth-order valence-corrected chi connectivity index (χ4v) is 13.9. The van der Waals surface area contributed by atoms with Crippen LogP contribution in [-0.2, 0) is 69.9 Å². The Morgan fingerprint density at radius 2 is 1.36 bits per heavy atom. The summed E-state index contributed by atoms with van der Waals surface area (Å²) in [5.41, 5.74) is 0.113. The van der Waals surface area contributed by atoms with Crippen molar-refractivity contribution in [2.24, 2.45) is 10.8 Å². The zero-order valence-corrected chi connectivity index (χ0v) is 45.0. The van der Waals surface area contributed by atoms with Crippen molar-refractivity contribution in [3.8, 4) is 11.5 Å². The second kappa shape index (κ2) is 24.0. The molecule has 0 unspecified atom stereocenters. The highest BCUT2D eigenvalue weighted by Gasteiger charge is 2.59. The molecule has 10 atom stereocenters. The number of ether oxygens (including phenoxy) is 10. The molecular formula is C55H82O14Si. The lowest BCUT2D eigenvalue weighted by Gasteiger charge is -2.56. The second-order valence-corrected chi connectivity index (χ2v) is 25.6. The number of benzene rings is 2. The van der Waals surface area contributed by atoms with Crippen molar-refractivity contribution in [3.05, 3.63) is 71.8 Å². The maximum absolute atomic E-state index is 14.7. The van der Waals surface area contributed by atoms with E-state index in [9.17, 15) is 14.4 Å². The van der Waals surface area contributed by atoms with Crippen LogP contribution < -0.4 is 9.47 Å². The number of Topliss-reactive ketones (excluding diaryl/α,β-unsaturated/α-hetero) is 2. The molecule has 390 valence electrons. The van der Waals surface area contributed by atoms with Gasteiger partial charge in [0.05, 0.1) is 76.6 Å². The maximum Gasteiger partial charge on any atom is 0.308 e. The van der Waals surface area contributed by atoms with Crippen LogP contribution in [0.15, 0.2) is 60.7 Å². The fourth-order valence-electron chi connectivity index (χ4n) is 11.0. The van der Waals surface area contributed by atoms with Gasteiger partial charge in [-0.1, -0.05) is 84.9 Å². The SMILES string of the molecule is CC[Si](CC)(CC)O[C@H]1CC(=O)O[C@@H]([C@@H](C)OCc2ccc(OC)cc2)C[C@@H]2CCC(=O)[C@@](OC)(O2)C(C)(C)/C=C/[C@H]2CC(=O)C[C@@H](C[C@]3(OC)O[C@H](C1)C[C@H](OCc1ccc(OC)cc1)C3(C)C)O2. The fraction of sp³-hybridized carbons (Fsp3) is 0.691. The number of carbonyl (C=O) groups is 3. The normalized spacial score (nSPS) is 31.8. The summed E-state index contributed by atoms with van der Waals surface area (Å²) >= 11 is 0. The van der Waals surface area contributed by atoms with Crippen molar-refractivity contribution in [1.29, 1.82) is 0 Å². The first-order valence-corrected chi connectivity index (χ1v) is 28.1. The van der Waals surface area contributed by atoms with Crippen molar-refractivity contribution in [3.63, 3.8) is 0 Å². The first kappa shape index (κ1) is 55.8. The lowest BCUT2D eigenvalue weighted by molar-refractivity contribution is -0.362. The van der Waals surface area contributed by atoms with Crippen molar-refractivity contribution in [2.75, 3.05) is 28.4 Å². The number of esters is 1. The van der Waals surface area contributed by atoms with Gasteiger partial charge in [0.2, 0.25) is 5.79 Å². The molecular weight excluding hydrogens is 913 g/mol. The summed E-state index contributed by atoms with van der Waals surface area (Å²) in [5, 5.41) is 0. The molecule has 0 saturated carbocycles. The maximum atomic E-state index is 14.7. The highest BCUT2D eigenvalue weighted by atomic mass is 28.4. The summed E-state index contributed by atoms with van der Waals surface area (Å²) in [6, 6.07) is 18.1. The quantitative estimate of drug-likeness (QED) is 0.0891. The molecule has 70 heavy (non-hydrogen) atoms. The average molecular weight is 995 g/mol. The number of fused-ring (bicyclic) bond motifs is 6. The molecule has 0 radical (unpaired) electrons. The highest BCUT2D eigenvalue weighted by molar-refractivity contribution is 6.73. The first-order chi connectivity index (χ1) is 33.3. The summed E-state index contributed by atoms with van der Waals surface area (Å²) in [7, 11) is 4.05. The number of carbonyl (C=O) groups excluding carboxylic acids is 3. The van der Waals surface area contributed by atoms with Crippen LogP contribution in [0.3, 0.4) is 0 Å². The third kappa shape index (κ3) is 12.8. The predicted octanol–water partition coefficient (Wildman–Crippen LogP) is 10.0. The minimum Gasteiger partial charge on any atom is -0.497 e. The van der Waals surface area contributed by atoms with Crippen LogP contribution in [0.1, 0.15) is 124 Å². The van der Waals surface area contributed by atoms with Crippen molar-refractivity contribution < 1.29 is 66.2 Å². The molecule has 4 aliphatic rings. The van der Waals surface area contributed by atoms with Gasteiger partial charge in [-0.05, 0) is 73.3 Å². The molecule has 3 saturated heterocycles. The van der Waals surface area contributed by atoms with Gasteiger partial charge in [0.15, 0.2) is 19.9 Å². The minimum absolute atomic E-state index is 0.0389. The molecule has 3 fully saturated rings. The van der Waals surface area contributed by atoms with E-state index in [2.05, 4.69) is 34.6 Å². The van der Waals surface area contributed by atoms with Gasteiger partial charge in [-0.25, -0.2) is 0 Å². The van der Waals surface area contributed by atoms with Crippen LogP contribution in [-0.4, -0.2) is 115 Å². The van der Waals surface area contributed by atoms with Gasteiger partial charge in [0, 0.05) is 63.6 Å². The molecule has 14 nitrogen and oxygen atoms in total. The lowest BCUT2D eigenvalue weighted by atomic mass is 9.70. The van der Waals surface area contributed by atoms with E-state index in [1.165, 1.54) is 7.11 Å². The molecule has 6 rings (SSSR count). The molecule has 15 heteroatoms. The summed E-state index contributed by atoms with van der Waals surface area (Å²) < 4.78 is 71.5. The van der Waals surface area contributed by atoms with Gasteiger partial charge in [0.25, 0.3) is 0 Å². The summed E-state index contributed by atoms with van der Waals surface area (Å²) in [4.78, 5) is 42.5. The van der Waals surface area contributed by atoms with Crippen LogP contribution in [0, 0.1) is 10.8 Å². The monoisotopic (exact) mass is 995 g/mol. The molecule has 0 aromatic heterocycles. The Morgan fingerprint density at radius 1 is 0.729 bits per heavy atom. The smallest absolute Gasteiger partial charge is 0.308 e. The standard InChI is InChI=1S/C55H82O14Si/c1-13-70(14-2,15-3)69-46-30-45-32-50(64-36-39-18-22-42(60-10)23-19-39)53(7,8)54(61-11,67-45)34-47-29-40(56)28-43(65-47)26-27-52(5,6)55(62-12)49(57)25-24-44(68-55)31-48(66-51(58)33-46)37(4)63-35-38-16-20-41(59-9)21-17-38/h16-23,26-27,37,43-48,50H,13-15,24-25,28-36H2,1-12H3/b27-26+/t37-,43+,44+,45-,46-,47+,48-,50+,54+,55-/m1/s1. The van der Waals surface area contributed by atoms with Gasteiger partial charge < -0.3 is 51.8 Å². The Hall–Kier alpha value is -3.51. The van der Waals surface area contributed by atoms with E-state index in [0.717, 1.165) is 40.8 Å². The van der Waals surface area contributed by atoms with Crippen LogP contribution in [0.5, 0.6) is 11.5 Å². The molecule has 0 spiro atoms. The lowest BCUT2D eigenvalue weighted by Crippen LogP contribution is -2.63. The second-order valence-electron chi connectivity index (χ2n) is 20.9. The number of hydrogen-bond donors (Lipinski definition) is 0. The zero-order chi connectivity index (χ0) is 50.9. The van der Waals surface area contributed by atoms with Gasteiger partial charge in [-0.2, -0.15) is 0 Å². The van der Waals surface area contributed by atoms with E-state index in [1.54, 1.807) is 21.3 Å². The van der Waals surface area contributed by atoms with E-state index in [1.807, 2.05) is 81.5 Å². The Kier molecular flexibility index (Phi) is 19.1. The Balaban J connectivity index is 1.41. The molecule has 0 amide bonds. The van der Waals surface area contributed by atoms with E-state index in [4.69, 9.17) is 51.8 Å². The van der Waals surface area contributed by atoms with Crippen molar-refractivity contribution in [2.45, 2.75) is 205 Å². The molecule has 2 aromatic carbocycles. The molecule has 2 aromatic rings. The van der Waals surface area contributed by atoms with E-state index in [0.29, 0.717) is 25.9 Å². The number of rotatable bonds is 16. The number of cyclic esters (lactones) is 1. The summed E-state index contributed by atoms with van der Waals surface area (Å²) in [5.74, 6) is -2.09. The van der Waals surface area contributed by atoms with E-state index >= 15 is 0 Å². The van der Waals surface area contributed by atoms with Crippen LogP contribution in [0.4, 0.5) is 0 Å². The molecule has 0 aliphatic carbocycles. The number of ketones is 2.